The minimum absolute atomic E-state index is 0.00883. The maximum absolute atomic E-state index is 12.1. The first-order valence-corrected chi connectivity index (χ1v) is 7.37. The van der Waals surface area contributed by atoms with Crippen molar-refractivity contribution in [2.45, 2.75) is 20.8 Å². The van der Waals surface area contributed by atoms with Crippen molar-refractivity contribution in [3.05, 3.63) is 39.0 Å². The molecule has 0 atom stereocenters. The molecule has 0 unspecified atom stereocenters. The third-order valence-electron chi connectivity index (χ3n) is 3.47. The lowest BCUT2D eigenvalue weighted by Crippen LogP contribution is -2.34. The second-order valence-corrected chi connectivity index (χ2v) is 5.82. The number of β-amino-alcohol motifs (C(OH)–C–C–N with tert-alkyl or cyclic N) is 1. The molecule has 1 aromatic carbocycles. The smallest absolute Gasteiger partial charge is 0.277 e. The normalized spacial score (nSPS) is 14.7. The Morgan fingerprint density at radius 3 is 2.52 bits per heavy atom. The lowest BCUT2D eigenvalue weighted by molar-refractivity contribution is -0.137. The average Bonchev–Trinajstić information content (AvgIpc) is 2.69. The van der Waals surface area contributed by atoms with Crippen LogP contribution in [0.3, 0.4) is 0 Å². The van der Waals surface area contributed by atoms with E-state index in [9.17, 15) is 9.59 Å². The first-order chi connectivity index (χ1) is 9.86. The lowest BCUT2D eigenvalue weighted by Gasteiger charge is -2.17. The molecule has 5 nitrogen and oxygen atoms in total. The molecule has 1 aromatic rings. The van der Waals surface area contributed by atoms with Gasteiger partial charge in [0.25, 0.3) is 11.8 Å². The zero-order valence-corrected chi connectivity index (χ0v) is 13.7. The van der Waals surface area contributed by atoms with Crippen LogP contribution >= 0.6 is 15.9 Å². The van der Waals surface area contributed by atoms with E-state index in [1.54, 1.807) is 0 Å². The molecule has 2 rings (SSSR count). The van der Waals surface area contributed by atoms with Gasteiger partial charge in [-0.15, -0.1) is 0 Å². The average molecular weight is 353 g/mol. The van der Waals surface area contributed by atoms with E-state index in [4.69, 9.17) is 5.11 Å². The minimum Gasteiger partial charge on any atom is -0.395 e. The van der Waals surface area contributed by atoms with Gasteiger partial charge in [0, 0.05) is 16.2 Å². The van der Waals surface area contributed by atoms with Crippen LogP contribution in [0.4, 0.5) is 5.69 Å². The van der Waals surface area contributed by atoms with E-state index in [0.717, 1.165) is 31.8 Å². The van der Waals surface area contributed by atoms with Crippen LogP contribution in [-0.2, 0) is 9.59 Å². The highest BCUT2D eigenvalue weighted by molar-refractivity contribution is 9.10. The highest BCUT2D eigenvalue weighted by Crippen LogP contribution is 2.32. The van der Waals surface area contributed by atoms with Crippen molar-refractivity contribution < 1.29 is 14.7 Å². The third-order valence-corrected chi connectivity index (χ3v) is 4.69. The van der Waals surface area contributed by atoms with Crippen LogP contribution in [0.25, 0.3) is 0 Å². The SMILES string of the molecule is Cc1cc(C)c(NC2=CC(=O)N(CCO)C2=O)c(C)c1Br. The molecule has 2 amide bonds. The Hall–Kier alpha value is -1.66. The number of halogens is 1. The Morgan fingerprint density at radius 1 is 1.24 bits per heavy atom. The largest absolute Gasteiger partial charge is 0.395 e. The Kier molecular flexibility index (Phi) is 4.49. The van der Waals surface area contributed by atoms with E-state index in [-0.39, 0.29) is 18.8 Å². The molecule has 1 aliphatic rings. The number of carbonyl (C=O) groups excluding carboxylic acids is 2. The number of nitrogens with zero attached hydrogens (tertiary/aromatic N) is 1. The summed E-state index contributed by atoms with van der Waals surface area (Å²) in [6, 6.07) is 2.01. The van der Waals surface area contributed by atoms with Crippen LogP contribution in [0.15, 0.2) is 22.3 Å². The zero-order valence-electron chi connectivity index (χ0n) is 12.2. The van der Waals surface area contributed by atoms with Crippen molar-refractivity contribution in [3.63, 3.8) is 0 Å². The summed E-state index contributed by atoms with van der Waals surface area (Å²) in [5.74, 6) is -0.817. The van der Waals surface area contributed by atoms with Crippen LogP contribution in [-0.4, -0.2) is 35.0 Å². The summed E-state index contributed by atoms with van der Waals surface area (Å²) >= 11 is 3.52. The molecule has 112 valence electrons. The quantitative estimate of drug-likeness (QED) is 0.813. The fourth-order valence-corrected chi connectivity index (χ4v) is 2.71. The van der Waals surface area contributed by atoms with Crippen molar-refractivity contribution >= 4 is 33.4 Å². The number of amides is 2. The standard InChI is InChI=1S/C15H17BrN2O3/c1-8-6-9(2)14(10(3)13(8)16)17-11-7-12(20)18(4-5-19)15(11)21/h6-7,17,19H,4-5H2,1-3H3. The van der Waals surface area contributed by atoms with Crippen molar-refractivity contribution in [2.75, 3.05) is 18.5 Å². The summed E-state index contributed by atoms with van der Waals surface area (Å²) in [6.07, 6.45) is 1.27. The molecule has 0 aliphatic carbocycles. The third kappa shape index (κ3) is 2.87. The molecule has 6 heteroatoms. The summed E-state index contributed by atoms with van der Waals surface area (Å²) in [4.78, 5) is 24.9. The molecule has 0 saturated carbocycles. The van der Waals surface area contributed by atoms with Crippen LogP contribution in [0.2, 0.25) is 0 Å². The predicted molar refractivity (Wildman–Crippen MR) is 83.9 cm³/mol. The van der Waals surface area contributed by atoms with Crippen LogP contribution in [0.1, 0.15) is 16.7 Å². The molecule has 0 bridgehead atoms. The number of benzene rings is 1. The van der Waals surface area contributed by atoms with Crippen LogP contribution in [0.5, 0.6) is 0 Å². The first kappa shape index (κ1) is 15.7. The lowest BCUT2D eigenvalue weighted by atomic mass is 10.0. The Bertz CT molecular complexity index is 653. The Morgan fingerprint density at radius 2 is 1.90 bits per heavy atom. The minimum atomic E-state index is -0.412. The van der Waals surface area contributed by atoms with Gasteiger partial charge in [0.05, 0.1) is 13.2 Å². The van der Waals surface area contributed by atoms with Crippen LogP contribution in [0, 0.1) is 20.8 Å². The summed E-state index contributed by atoms with van der Waals surface area (Å²) < 4.78 is 0.972. The van der Waals surface area contributed by atoms with E-state index in [2.05, 4.69) is 21.2 Å². The van der Waals surface area contributed by atoms with Gasteiger partial charge in [-0.1, -0.05) is 22.0 Å². The molecule has 2 N–H and O–H groups in total. The number of anilines is 1. The predicted octanol–water partition coefficient (Wildman–Crippen LogP) is 2.03. The monoisotopic (exact) mass is 352 g/mol. The fourth-order valence-electron chi connectivity index (χ4n) is 2.40. The number of aliphatic hydroxyl groups is 1. The number of aliphatic hydroxyl groups excluding tert-OH is 1. The first-order valence-electron chi connectivity index (χ1n) is 6.58. The van der Waals surface area contributed by atoms with Gasteiger partial charge in [0.1, 0.15) is 5.70 Å². The topological polar surface area (TPSA) is 69.6 Å². The highest BCUT2D eigenvalue weighted by atomic mass is 79.9. The molecular formula is C15H17BrN2O3. The van der Waals surface area contributed by atoms with Gasteiger partial charge < -0.3 is 10.4 Å². The molecule has 0 spiro atoms. The molecule has 0 aromatic heterocycles. The second kappa shape index (κ2) is 5.99. The number of aryl methyl sites for hydroxylation is 2. The zero-order chi connectivity index (χ0) is 15.7. The van der Waals surface area contributed by atoms with Gasteiger partial charge in [-0.3, -0.25) is 14.5 Å². The van der Waals surface area contributed by atoms with Crippen molar-refractivity contribution in [1.82, 2.24) is 4.90 Å². The highest BCUT2D eigenvalue weighted by Gasteiger charge is 2.31. The number of carbonyl (C=O) groups is 2. The number of imide groups is 1. The van der Waals surface area contributed by atoms with Gasteiger partial charge in [0.2, 0.25) is 0 Å². The van der Waals surface area contributed by atoms with Gasteiger partial charge in [-0.2, -0.15) is 0 Å². The molecule has 0 saturated heterocycles. The second-order valence-electron chi connectivity index (χ2n) is 5.03. The Balaban J connectivity index is 2.32. The number of hydrogen-bond donors (Lipinski definition) is 2. The van der Waals surface area contributed by atoms with E-state index < -0.39 is 11.8 Å². The summed E-state index contributed by atoms with van der Waals surface area (Å²) in [5, 5.41) is 11.9. The van der Waals surface area contributed by atoms with Gasteiger partial charge in [-0.25, -0.2) is 0 Å². The summed E-state index contributed by atoms with van der Waals surface area (Å²) in [7, 11) is 0. The molecule has 1 heterocycles. The Labute approximate surface area is 131 Å². The van der Waals surface area contributed by atoms with Crippen molar-refractivity contribution in [3.8, 4) is 0 Å². The van der Waals surface area contributed by atoms with E-state index >= 15 is 0 Å². The van der Waals surface area contributed by atoms with Gasteiger partial charge in [0.15, 0.2) is 0 Å². The van der Waals surface area contributed by atoms with Crippen molar-refractivity contribution in [2.24, 2.45) is 0 Å². The van der Waals surface area contributed by atoms with Gasteiger partial charge >= 0.3 is 0 Å². The molecular weight excluding hydrogens is 336 g/mol. The van der Waals surface area contributed by atoms with Crippen LogP contribution < -0.4 is 5.32 Å². The van der Waals surface area contributed by atoms with E-state index in [0.29, 0.717) is 0 Å². The number of rotatable bonds is 4. The van der Waals surface area contributed by atoms with Gasteiger partial charge in [-0.05, 0) is 37.5 Å². The van der Waals surface area contributed by atoms with E-state index in [1.165, 1.54) is 6.08 Å². The van der Waals surface area contributed by atoms with E-state index in [1.807, 2.05) is 26.8 Å². The number of nitrogens with one attached hydrogen (secondary N) is 1. The molecule has 0 radical (unpaired) electrons. The number of hydrogen-bond acceptors (Lipinski definition) is 4. The van der Waals surface area contributed by atoms with Crippen molar-refractivity contribution in [1.29, 1.82) is 0 Å². The maximum Gasteiger partial charge on any atom is 0.277 e. The molecule has 21 heavy (non-hydrogen) atoms. The molecule has 1 aliphatic heterocycles. The molecule has 0 fully saturated rings. The summed E-state index contributed by atoms with van der Waals surface area (Å²) in [5.41, 5.74) is 4.13. The maximum atomic E-state index is 12.1. The summed E-state index contributed by atoms with van der Waals surface area (Å²) in [6.45, 7) is 5.66. The fraction of sp³-hybridized carbons (Fsp3) is 0.333.